The molecule has 0 spiro atoms. The second kappa shape index (κ2) is 6.63. The van der Waals surface area contributed by atoms with Crippen LogP contribution in [-0.4, -0.2) is 18.1 Å². The van der Waals surface area contributed by atoms with Gasteiger partial charge in [0.2, 0.25) is 0 Å². The Bertz CT molecular complexity index is 634. The molecule has 0 amide bonds. The summed E-state index contributed by atoms with van der Waals surface area (Å²) in [7, 11) is 1.32. The van der Waals surface area contributed by atoms with Crippen molar-refractivity contribution in [2.45, 2.75) is 10.8 Å². The molecule has 0 fully saturated rings. The number of benzene rings is 1. The number of rotatable bonds is 4. The van der Waals surface area contributed by atoms with E-state index in [9.17, 15) is 4.79 Å². The summed E-state index contributed by atoms with van der Waals surface area (Å²) in [5, 5.41) is 1.41. The van der Waals surface area contributed by atoms with Crippen molar-refractivity contribution >= 4 is 35.0 Å². The highest BCUT2D eigenvalue weighted by Gasteiger charge is 2.12. The van der Waals surface area contributed by atoms with Crippen molar-refractivity contribution in [1.29, 1.82) is 0 Å². The second-order valence-electron chi connectivity index (χ2n) is 3.98. The van der Waals surface area contributed by atoms with E-state index in [-0.39, 0.29) is 0 Å². The fourth-order valence-electron chi connectivity index (χ4n) is 1.58. The molecule has 0 aliphatic heterocycles. The number of halogens is 1. The smallest absolute Gasteiger partial charge is 0.340 e. The van der Waals surface area contributed by atoms with Crippen molar-refractivity contribution in [2.24, 2.45) is 0 Å². The lowest BCUT2D eigenvalue weighted by molar-refractivity contribution is 0.0601. The van der Waals surface area contributed by atoms with Crippen LogP contribution in [0.25, 0.3) is 0 Å². The molecular formula is C14H13ClN2O2S. The van der Waals surface area contributed by atoms with E-state index < -0.39 is 5.97 Å². The van der Waals surface area contributed by atoms with Crippen molar-refractivity contribution in [3.05, 3.63) is 52.7 Å². The van der Waals surface area contributed by atoms with Crippen molar-refractivity contribution < 1.29 is 9.53 Å². The zero-order valence-electron chi connectivity index (χ0n) is 10.8. The number of carbonyl (C=O) groups excluding carboxylic acids is 1. The fourth-order valence-corrected chi connectivity index (χ4v) is 2.74. The largest absolute Gasteiger partial charge is 0.465 e. The number of methoxy groups -OCH3 is 1. The number of hydrogen-bond donors (Lipinski definition) is 1. The van der Waals surface area contributed by atoms with Crippen LogP contribution in [0.2, 0.25) is 5.02 Å². The van der Waals surface area contributed by atoms with Gasteiger partial charge in [0.1, 0.15) is 0 Å². The summed E-state index contributed by atoms with van der Waals surface area (Å²) >= 11 is 7.57. The van der Waals surface area contributed by atoms with Gasteiger partial charge in [-0.05, 0) is 17.7 Å². The molecule has 1 heterocycles. The Kier molecular flexibility index (Phi) is 4.87. The molecule has 1 aromatic carbocycles. The first-order chi connectivity index (χ1) is 9.61. The average molecular weight is 309 g/mol. The summed E-state index contributed by atoms with van der Waals surface area (Å²) in [6.45, 7) is 0. The van der Waals surface area contributed by atoms with Gasteiger partial charge in [-0.3, -0.25) is 0 Å². The molecule has 0 unspecified atom stereocenters. The molecule has 20 heavy (non-hydrogen) atoms. The van der Waals surface area contributed by atoms with Gasteiger partial charge >= 0.3 is 5.97 Å². The standard InChI is InChI=1S/C14H13ClN2O2S/c1-19-14(18)10-6-13(17-7-12(10)16)20-8-9-4-2-3-5-11(9)15/h2-7H,8,16H2,1H3. The van der Waals surface area contributed by atoms with Crippen LogP contribution >= 0.6 is 23.4 Å². The molecule has 0 radical (unpaired) electrons. The third-order valence-corrected chi connectivity index (χ3v) is 3.99. The summed E-state index contributed by atoms with van der Waals surface area (Å²) < 4.78 is 4.68. The van der Waals surface area contributed by atoms with Gasteiger partial charge < -0.3 is 10.5 Å². The summed E-state index contributed by atoms with van der Waals surface area (Å²) in [5.74, 6) is 0.196. The third kappa shape index (κ3) is 3.43. The Hall–Kier alpha value is -1.72. The van der Waals surface area contributed by atoms with E-state index in [1.807, 2.05) is 24.3 Å². The zero-order valence-corrected chi connectivity index (χ0v) is 12.4. The number of pyridine rings is 1. The van der Waals surface area contributed by atoms with Crippen LogP contribution in [0.4, 0.5) is 5.69 Å². The summed E-state index contributed by atoms with van der Waals surface area (Å²) in [6, 6.07) is 9.23. The Morgan fingerprint density at radius 3 is 2.90 bits per heavy atom. The average Bonchev–Trinajstić information content (AvgIpc) is 2.47. The third-order valence-electron chi connectivity index (χ3n) is 2.65. The highest BCUT2D eigenvalue weighted by molar-refractivity contribution is 7.98. The molecule has 1 aromatic heterocycles. The summed E-state index contributed by atoms with van der Waals surface area (Å²) in [5.41, 5.74) is 7.34. The highest BCUT2D eigenvalue weighted by Crippen LogP contribution is 2.27. The molecule has 0 bridgehead atoms. The maximum atomic E-state index is 11.6. The van der Waals surface area contributed by atoms with Gasteiger partial charge in [0.15, 0.2) is 0 Å². The van der Waals surface area contributed by atoms with Crippen LogP contribution in [0.5, 0.6) is 0 Å². The minimum Gasteiger partial charge on any atom is -0.465 e. The van der Waals surface area contributed by atoms with Crippen molar-refractivity contribution in [3.63, 3.8) is 0 Å². The van der Waals surface area contributed by atoms with E-state index in [2.05, 4.69) is 9.72 Å². The van der Waals surface area contributed by atoms with Gasteiger partial charge in [0.05, 0.1) is 29.6 Å². The number of ether oxygens (including phenoxy) is 1. The predicted molar refractivity (Wildman–Crippen MR) is 81.0 cm³/mol. The van der Waals surface area contributed by atoms with Gasteiger partial charge in [-0.2, -0.15) is 0 Å². The Labute approximate surface area is 126 Å². The van der Waals surface area contributed by atoms with E-state index in [0.29, 0.717) is 27.1 Å². The van der Waals surface area contributed by atoms with Crippen LogP contribution in [0, 0.1) is 0 Å². The lowest BCUT2D eigenvalue weighted by Crippen LogP contribution is -2.06. The molecule has 6 heteroatoms. The minimum atomic E-state index is -0.468. The van der Waals surface area contributed by atoms with Gasteiger partial charge in [0, 0.05) is 10.8 Å². The molecule has 0 atom stereocenters. The quantitative estimate of drug-likeness (QED) is 0.692. The topological polar surface area (TPSA) is 65.2 Å². The van der Waals surface area contributed by atoms with E-state index in [0.717, 1.165) is 5.56 Å². The number of hydrogen-bond acceptors (Lipinski definition) is 5. The number of esters is 1. The number of nitrogens with two attached hydrogens (primary N) is 1. The van der Waals surface area contributed by atoms with Crippen molar-refractivity contribution in [1.82, 2.24) is 4.98 Å². The van der Waals surface area contributed by atoms with Crippen LogP contribution < -0.4 is 5.73 Å². The Morgan fingerprint density at radius 2 is 2.20 bits per heavy atom. The number of carbonyl (C=O) groups is 1. The summed E-state index contributed by atoms with van der Waals surface area (Å²) in [4.78, 5) is 15.7. The van der Waals surface area contributed by atoms with Crippen molar-refractivity contribution in [3.8, 4) is 0 Å². The molecule has 0 aliphatic carbocycles. The number of anilines is 1. The highest BCUT2D eigenvalue weighted by atomic mass is 35.5. The first-order valence-corrected chi connectivity index (χ1v) is 7.18. The number of thioether (sulfide) groups is 1. The second-order valence-corrected chi connectivity index (χ2v) is 5.38. The lowest BCUT2D eigenvalue weighted by Gasteiger charge is -2.07. The Balaban J connectivity index is 2.14. The monoisotopic (exact) mass is 308 g/mol. The van der Waals surface area contributed by atoms with Crippen LogP contribution in [0.1, 0.15) is 15.9 Å². The molecule has 4 nitrogen and oxygen atoms in total. The fraction of sp³-hybridized carbons (Fsp3) is 0.143. The minimum absolute atomic E-state index is 0.305. The van der Waals surface area contributed by atoms with Crippen LogP contribution in [-0.2, 0) is 10.5 Å². The van der Waals surface area contributed by atoms with Crippen LogP contribution in [0.3, 0.4) is 0 Å². The summed E-state index contributed by atoms with van der Waals surface area (Å²) in [6.07, 6.45) is 1.46. The van der Waals surface area contributed by atoms with Gasteiger partial charge in [-0.15, -0.1) is 11.8 Å². The van der Waals surface area contributed by atoms with Gasteiger partial charge in [-0.25, -0.2) is 9.78 Å². The molecular weight excluding hydrogens is 296 g/mol. The van der Waals surface area contributed by atoms with Crippen LogP contribution in [0.15, 0.2) is 41.6 Å². The number of nitrogen functional groups attached to an aromatic ring is 1. The zero-order chi connectivity index (χ0) is 14.5. The maximum absolute atomic E-state index is 11.6. The molecule has 104 valence electrons. The van der Waals surface area contributed by atoms with E-state index in [1.54, 1.807) is 6.07 Å². The first-order valence-electron chi connectivity index (χ1n) is 5.82. The lowest BCUT2D eigenvalue weighted by atomic mass is 10.2. The molecule has 0 saturated carbocycles. The molecule has 2 N–H and O–H groups in total. The van der Waals surface area contributed by atoms with Crippen molar-refractivity contribution in [2.75, 3.05) is 12.8 Å². The first kappa shape index (κ1) is 14.7. The molecule has 2 rings (SSSR count). The SMILES string of the molecule is COC(=O)c1cc(SCc2ccccc2Cl)ncc1N. The van der Waals surface area contributed by atoms with Gasteiger partial charge in [-0.1, -0.05) is 29.8 Å². The number of aromatic nitrogens is 1. The van der Waals surface area contributed by atoms with E-state index >= 15 is 0 Å². The Morgan fingerprint density at radius 1 is 1.45 bits per heavy atom. The van der Waals surface area contributed by atoms with Gasteiger partial charge in [0.25, 0.3) is 0 Å². The maximum Gasteiger partial charge on any atom is 0.340 e. The molecule has 0 saturated heterocycles. The van der Waals surface area contributed by atoms with E-state index in [1.165, 1.54) is 25.1 Å². The van der Waals surface area contributed by atoms with E-state index in [4.69, 9.17) is 17.3 Å². The predicted octanol–water partition coefficient (Wildman–Crippen LogP) is 3.40. The molecule has 0 aliphatic rings. The normalized spacial score (nSPS) is 10.3. The molecule has 2 aromatic rings. The number of nitrogens with zero attached hydrogens (tertiary/aromatic N) is 1.